The molecule has 0 spiro atoms. The monoisotopic (exact) mass is 225 g/mol. The predicted molar refractivity (Wildman–Crippen MR) is 67.3 cm³/mol. The molecule has 2 heteroatoms. The van der Waals surface area contributed by atoms with Gasteiger partial charge in [0.15, 0.2) is 0 Å². The van der Waals surface area contributed by atoms with Crippen LogP contribution in [0.15, 0.2) is 0 Å². The van der Waals surface area contributed by atoms with E-state index in [0.29, 0.717) is 6.04 Å². The van der Waals surface area contributed by atoms with Gasteiger partial charge in [-0.2, -0.15) is 0 Å². The molecule has 0 aromatic heterocycles. The van der Waals surface area contributed by atoms with E-state index in [1.165, 1.54) is 44.9 Å². The summed E-state index contributed by atoms with van der Waals surface area (Å²) in [5.41, 5.74) is 6.44. The van der Waals surface area contributed by atoms with Crippen LogP contribution >= 0.6 is 0 Å². The van der Waals surface area contributed by atoms with Gasteiger partial charge in [0.05, 0.1) is 0 Å². The molecule has 0 aromatic rings. The van der Waals surface area contributed by atoms with Crippen molar-refractivity contribution in [2.45, 2.75) is 57.9 Å². The third-order valence-corrected chi connectivity index (χ3v) is 4.67. The smallest absolute Gasteiger partial charge is 0.0495 e. The van der Waals surface area contributed by atoms with Crippen molar-refractivity contribution in [3.05, 3.63) is 0 Å². The van der Waals surface area contributed by atoms with Gasteiger partial charge in [-0.15, -0.1) is 0 Å². The minimum Gasteiger partial charge on any atom is -0.381 e. The first-order valence-electron chi connectivity index (χ1n) is 7.14. The van der Waals surface area contributed by atoms with Gasteiger partial charge in [0.25, 0.3) is 0 Å². The van der Waals surface area contributed by atoms with E-state index in [2.05, 4.69) is 6.92 Å². The zero-order valence-electron chi connectivity index (χ0n) is 10.7. The number of rotatable bonds is 4. The highest BCUT2D eigenvalue weighted by Crippen LogP contribution is 2.36. The maximum atomic E-state index is 6.44. The van der Waals surface area contributed by atoms with Crippen LogP contribution in [0.25, 0.3) is 0 Å². The van der Waals surface area contributed by atoms with Gasteiger partial charge >= 0.3 is 0 Å². The molecule has 2 rings (SSSR count). The van der Waals surface area contributed by atoms with Crippen LogP contribution in [-0.4, -0.2) is 19.3 Å². The van der Waals surface area contributed by atoms with Crippen LogP contribution in [0.1, 0.15) is 51.9 Å². The Morgan fingerprint density at radius 2 is 2.06 bits per heavy atom. The summed E-state index contributed by atoms with van der Waals surface area (Å²) in [4.78, 5) is 0. The fourth-order valence-electron chi connectivity index (χ4n) is 3.64. The van der Waals surface area contributed by atoms with Gasteiger partial charge in [-0.05, 0) is 37.0 Å². The number of hydrogen-bond donors (Lipinski definition) is 1. The molecule has 4 unspecified atom stereocenters. The summed E-state index contributed by atoms with van der Waals surface area (Å²) in [7, 11) is 0. The minimum absolute atomic E-state index is 0.428. The van der Waals surface area contributed by atoms with Crippen molar-refractivity contribution in [1.82, 2.24) is 0 Å². The van der Waals surface area contributed by atoms with Gasteiger partial charge in [-0.1, -0.05) is 32.6 Å². The first kappa shape index (κ1) is 12.4. The summed E-state index contributed by atoms with van der Waals surface area (Å²) in [6.45, 7) is 4.24. The molecular formula is C14H27NO. The lowest BCUT2D eigenvalue weighted by Gasteiger charge is -2.36. The van der Waals surface area contributed by atoms with Gasteiger partial charge < -0.3 is 10.5 Å². The average molecular weight is 225 g/mol. The van der Waals surface area contributed by atoms with Crippen molar-refractivity contribution in [3.8, 4) is 0 Å². The second kappa shape index (κ2) is 6.02. The van der Waals surface area contributed by atoms with Crippen molar-refractivity contribution >= 4 is 0 Å². The van der Waals surface area contributed by atoms with E-state index in [1.54, 1.807) is 0 Å². The summed E-state index contributed by atoms with van der Waals surface area (Å²) in [5.74, 6) is 2.43. The highest BCUT2D eigenvalue weighted by atomic mass is 16.5. The third kappa shape index (κ3) is 2.98. The molecule has 0 aromatic carbocycles. The molecule has 16 heavy (non-hydrogen) atoms. The predicted octanol–water partition coefficient (Wildman–Crippen LogP) is 2.96. The Morgan fingerprint density at radius 3 is 2.75 bits per heavy atom. The van der Waals surface area contributed by atoms with Gasteiger partial charge in [-0.25, -0.2) is 0 Å². The van der Waals surface area contributed by atoms with Crippen LogP contribution in [0.5, 0.6) is 0 Å². The zero-order chi connectivity index (χ0) is 11.4. The lowest BCUT2D eigenvalue weighted by atomic mass is 9.72. The van der Waals surface area contributed by atoms with Gasteiger partial charge in [0, 0.05) is 19.3 Å². The van der Waals surface area contributed by atoms with Crippen LogP contribution in [0, 0.1) is 17.8 Å². The largest absolute Gasteiger partial charge is 0.381 e. The van der Waals surface area contributed by atoms with Crippen LogP contribution in [0.2, 0.25) is 0 Å². The van der Waals surface area contributed by atoms with E-state index in [-0.39, 0.29) is 0 Å². The maximum Gasteiger partial charge on any atom is 0.0495 e. The van der Waals surface area contributed by atoms with E-state index in [4.69, 9.17) is 10.5 Å². The molecule has 0 radical (unpaired) electrons. The maximum absolute atomic E-state index is 6.44. The first-order chi connectivity index (χ1) is 7.81. The highest BCUT2D eigenvalue weighted by molar-refractivity contribution is 4.84. The van der Waals surface area contributed by atoms with Gasteiger partial charge in [-0.3, -0.25) is 0 Å². The summed E-state index contributed by atoms with van der Waals surface area (Å²) >= 11 is 0. The zero-order valence-corrected chi connectivity index (χ0v) is 10.7. The number of hydrogen-bond acceptors (Lipinski definition) is 2. The molecule has 0 amide bonds. The molecule has 2 N–H and O–H groups in total. The van der Waals surface area contributed by atoms with Crippen LogP contribution < -0.4 is 5.73 Å². The number of ether oxygens (including phenoxy) is 1. The molecule has 1 aliphatic heterocycles. The first-order valence-corrected chi connectivity index (χ1v) is 7.14. The molecule has 4 atom stereocenters. The van der Waals surface area contributed by atoms with Crippen molar-refractivity contribution in [2.75, 3.05) is 13.2 Å². The van der Waals surface area contributed by atoms with E-state index in [1.807, 2.05) is 0 Å². The second-order valence-electron chi connectivity index (χ2n) is 5.75. The van der Waals surface area contributed by atoms with Gasteiger partial charge in [0.1, 0.15) is 0 Å². The van der Waals surface area contributed by atoms with Crippen LogP contribution in [-0.2, 0) is 4.74 Å². The Balaban J connectivity index is 1.83. The Labute approximate surface area is 99.9 Å². The SMILES string of the molecule is CCC1CCCCC1C(N)CC1CCOC1. The molecule has 94 valence electrons. The Kier molecular flexibility index (Phi) is 4.66. The van der Waals surface area contributed by atoms with E-state index in [9.17, 15) is 0 Å². The molecule has 2 nitrogen and oxygen atoms in total. The highest BCUT2D eigenvalue weighted by Gasteiger charge is 2.30. The summed E-state index contributed by atoms with van der Waals surface area (Å²) in [5, 5.41) is 0. The third-order valence-electron chi connectivity index (χ3n) is 4.67. The Hall–Kier alpha value is -0.0800. The molecule has 1 aliphatic carbocycles. The molecule has 0 bridgehead atoms. The average Bonchev–Trinajstić information content (AvgIpc) is 2.81. The molecular weight excluding hydrogens is 198 g/mol. The molecule has 1 saturated heterocycles. The topological polar surface area (TPSA) is 35.2 Å². The summed E-state index contributed by atoms with van der Waals surface area (Å²) in [6.07, 6.45) is 9.35. The van der Waals surface area contributed by atoms with Gasteiger partial charge in [0.2, 0.25) is 0 Å². The Morgan fingerprint density at radius 1 is 1.25 bits per heavy atom. The summed E-state index contributed by atoms with van der Waals surface area (Å²) < 4.78 is 5.44. The van der Waals surface area contributed by atoms with E-state index in [0.717, 1.165) is 31.0 Å². The fourth-order valence-corrected chi connectivity index (χ4v) is 3.64. The molecule has 1 saturated carbocycles. The normalized spacial score (nSPS) is 37.5. The quantitative estimate of drug-likeness (QED) is 0.798. The lowest BCUT2D eigenvalue weighted by molar-refractivity contribution is 0.160. The van der Waals surface area contributed by atoms with Crippen molar-refractivity contribution in [3.63, 3.8) is 0 Å². The van der Waals surface area contributed by atoms with Crippen LogP contribution in [0.3, 0.4) is 0 Å². The van der Waals surface area contributed by atoms with E-state index < -0.39 is 0 Å². The van der Waals surface area contributed by atoms with Crippen molar-refractivity contribution in [1.29, 1.82) is 0 Å². The molecule has 2 aliphatic rings. The second-order valence-corrected chi connectivity index (χ2v) is 5.75. The number of nitrogens with two attached hydrogens (primary N) is 1. The lowest BCUT2D eigenvalue weighted by Crippen LogP contribution is -2.38. The molecule has 2 fully saturated rings. The van der Waals surface area contributed by atoms with Crippen molar-refractivity contribution < 1.29 is 4.74 Å². The van der Waals surface area contributed by atoms with Crippen LogP contribution in [0.4, 0.5) is 0 Å². The standard InChI is InChI=1S/C14H27NO/c1-2-12-5-3-4-6-13(12)14(15)9-11-7-8-16-10-11/h11-14H,2-10,15H2,1H3. The fraction of sp³-hybridized carbons (Fsp3) is 1.00. The van der Waals surface area contributed by atoms with E-state index >= 15 is 0 Å². The summed E-state index contributed by atoms with van der Waals surface area (Å²) in [6, 6.07) is 0.428. The Bertz CT molecular complexity index is 201. The van der Waals surface area contributed by atoms with Crippen molar-refractivity contribution in [2.24, 2.45) is 23.5 Å². The molecule has 1 heterocycles. The minimum atomic E-state index is 0.428.